The summed E-state index contributed by atoms with van der Waals surface area (Å²) in [5.74, 6) is -0.295. The Labute approximate surface area is 157 Å². The largest absolute Gasteiger partial charge is 0.445 e. The molecule has 1 aromatic carbocycles. The molecule has 5 nitrogen and oxygen atoms in total. The van der Waals surface area contributed by atoms with E-state index in [1.165, 1.54) is 4.90 Å². The summed E-state index contributed by atoms with van der Waals surface area (Å²) >= 11 is 0. The number of imide groups is 1. The molecule has 0 N–H and O–H groups in total. The molecular weight excluding hydrogens is 346 g/mol. The first kappa shape index (κ1) is 20.4. The SMILES string of the molecule is CC=CCOC(=O)N1C(=O)[C@H](O[Si](CC)(CC)CC)[C@@H]1c1ccccc1. The smallest absolute Gasteiger partial charge is 0.417 e. The Kier molecular flexibility index (Phi) is 7.17. The molecule has 0 bridgehead atoms. The van der Waals surface area contributed by atoms with Gasteiger partial charge in [0.25, 0.3) is 5.91 Å². The maximum atomic E-state index is 12.7. The molecule has 1 aromatic rings. The zero-order valence-electron chi connectivity index (χ0n) is 16.1. The molecule has 1 heterocycles. The van der Waals surface area contributed by atoms with E-state index in [0.717, 1.165) is 23.7 Å². The minimum Gasteiger partial charge on any atom is -0.445 e. The van der Waals surface area contributed by atoms with E-state index in [4.69, 9.17) is 9.16 Å². The molecule has 6 heteroatoms. The van der Waals surface area contributed by atoms with Gasteiger partial charge in [0.2, 0.25) is 0 Å². The van der Waals surface area contributed by atoms with Gasteiger partial charge in [-0.05, 0) is 30.6 Å². The number of benzene rings is 1. The van der Waals surface area contributed by atoms with Gasteiger partial charge in [0.05, 0.1) is 0 Å². The average Bonchev–Trinajstić information content (AvgIpc) is 2.68. The zero-order valence-corrected chi connectivity index (χ0v) is 17.1. The summed E-state index contributed by atoms with van der Waals surface area (Å²) in [6.07, 6.45) is 2.32. The topological polar surface area (TPSA) is 55.8 Å². The Hall–Kier alpha value is -1.92. The Morgan fingerprint density at radius 1 is 1.15 bits per heavy atom. The van der Waals surface area contributed by atoms with E-state index in [0.29, 0.717) is 0 Å². The van der Waals surface area contributed by atoms with Crippen molar-refractivity contribution >= 4 is 20.3 Å². The lowest BCUT2D eigenvalue weighted by Gasteiger charge is -2.48. The molecule has 0 aliphatic carbocycles. The van der Waals surface area contributed by atoms with Crippen LogP contribution in [0, 0.1) is 0 Å². The number of rotatable bonds is 8. The van der Waals surface area contributed by atoms with Crippen molar-refractivity contribution in [3.63, 3.8) is 0 Å². The van der Waals surface area contributed by atoms with Crippen molar-refractivity contribution < 1.29 is 18.8 Å². The second kappa shape index (κ2) is 9.14. The highest BCUT2D eigenvalue weighted by molar-refractivity contribution is 6.73. The molecule has 142 valence electrons. The summed E-state index contributed by atoms with van der Waals surface area (Å²) in [6.45, 7) is 8.39. The van der Waals surface area contributed by atoms with Crippen LogP contribution in [0.2, 0.25) is 18.1 Å². The minimum atomic E-state index is -1.97. The first-order valence-electron chi connectivity index (χ1n) is 9.37. The van der Waals surface area contributed by atoms with Gasteiger partial charge >= 0.3 is 6.09 Å². The number of β-lactam (4-membered cyclic amide) rings is 1. The van der Waals surface area contributed by atoms with Crippen LogP contribution in [0.4, 0.5) is 4.79 Å². The van der Waals surface area contributed by atoms with Crippen LogP contribution in [0.25, 0.3) is 0 Å². The van der Waals surface area contributed by atoms with Crippen LogP contribution < -0.4 is 0 Å². The second-order valence-corrected chi connectivity index (χ2v) is 11.2. The van der Waals surface area contributed by atoms with E-state index in [1.54, 1.807) is 12.2 Å². The molecule has 1 fully saturated rings. The van der Waals surface area contributed by atoms with Crippen molar-refractivity contribution in [2.24, 2.45) is 0 Å². The van der Waals surface area contributed by atoms with Crippen LogP contribution >= 0.6 is 0 Å². The summed E-state index contributed by atoms with van der Waals surface area (Å²) in [5.41, 5.74) is 0.895. The molecule has 1 saturated heterocycles. The van der Waals surface area contributed by atoms with Crippen molar-refractivity contribution in [3.8, 4) is 0 Å². The number of allylic oxidation sites excluding steroid dienone is 1. The van der Waals surface area contributed by atoms with Crippen molar-refractivity contribution in [2.45, 2.75) is 58.0 Å². The van der Waals surface area contributed by atoms with E-state index in [2.05, 4.69) is 20.8 Å². The molecule has 2 rings (SSSR count). The Balaban J connectivity index is 2.25. The van der Waals surface area contributed by atoms with Crippen molar-refractivity contribution in [3.05, 3.63) is 48.0 Å². The van der Waals surface area contributed by atoms with Crippen LogP contribution in [-0.2, 0) is 14.0 Å². The standard InChI is InChI=1S/C20H29NO4Si/c1-5-9-15-24-20(23)21-17(16-13-11-10-12-14-16)18(19(21)22)25-26(6-2,7-3)8-4/h5,9-14,17-18H,6-8,15H2,1-4H3/t17-,18+/m0/s1. The number of hydrogen-bond acceptors (Lipinski definition) is 4. The van der Waals surface area contributed by atoms with Gasteiger partial charge in [0.15, 0.2) is 14.4 Å². The molecular formula is C20H29NO4Si. The predicted molar refractivity (Wildman–Crippen MR) is 104 cm³/mol. The second-order valence-electron chi connectivity index (χ2n) is 6.49. The van der Waals surface area contributed by atoms with Crippen LogP contribution in [-0.4, -0.2) is 37.9 Å². The highest BCUT2D eigenvalue weighted by Crippen LogP contribution is 2.40. The summed E-state index contributed by atoms with van der Waals surface area (Å²) in [4.78, 5) is 26.4. The lowest BCUT2D eigenvalue weighted by molar-refractivity contribution is -0.160. The normalized spacial score (nSPS) is 20.3. The Bertz CT molecular complexity index is 634. The maximum absolute atomic E-state index is 12.7. The summed E-state index contributed by atoms with van der Waals surface area (Å²) in [7, 11) is -1.97. The van der Waals surface area contributed by atoms with Crippen LogP contribution in [0.3, 0.4) is 0 Å². The third-order valence-electron chi connectivity index (χ3n) is 5.23. The third-order valence-corrected chi connectivity index (χ3v) is 9.85. The molecule has 0 saturated carbocycles. The van der Waals surface area contributed by atoms with Crippen molar-refractivity contribution in [1.82, 2.24) is 4.90 Å². The van der Waals surface area contributed by atoms with Gasteiger partial charge in [0.1, 0.15) is 12.6 Å². The Morgan fingerprint density at radius 2 is 1.77 bits per heavy atom. The zero-order chi connectivity index (χ0) is 19.2. The summed E-state index contributed by atoms with van der Waals surface area (Å²) in [5, 5.41) is 0. The van der Waals surface area contributed by atoms with Crippen LogP contribution in [0.1, 0.15) is 39.3 Å². The van der Waals surface area contributed by atoms with Gasteiger partial charge in [-0.2, -0.15) is 0 Å². The average molecular weight is 376 g/mol. The van der Waals surface area contributed by atoms with E-state index in [9.17, 15) is 9.59 Å². The monoisotopic (exact) mass is 375 g/mol. The summed E-state index contributed by atoms with van der Waals surface area (Å²) < 4.78 is 11.6. The van der Waals surface area contributed by atoms with E-state index < -0.39 is 26.6 Å². The van der Waals surface area contributed by atoms with Crippen molar-refractivity contribution in [2.75, 3.05) is 6.61 Å². The highest BCUT2D eigenvalue weighted by atomic mass is 28.4. The van der Waals surface area contributed by atoms with Crippen molar-refractivity contribution in [1.29, 1.82) is 0 Å². The van der Waals surface area contributed by atoms with Gasteiger partial charge < -0.3 is 9.16 Å². The predicted octanol–water partition coefficient (Wildman–Crippen LogP) is 4.67. The number of ether oxygens (including phenoxy) is 1. The molecule has 2 amide bonds. The molecule has 1 aliphatic rings. The van der Waals surface area contributed by atoms with Gasteiger partial charge in [0, 0.05) is 0 Å². The molecule has 26 heavy (non-hydrogen) atoms. The number of carbonyl (C=O) groups is 2. The molecule has 0 spiro atoms. The van der Waals surface area contributed by atoms with Crippen LogP contribution in [0.15, 0.2) is 42.5 Å². The molecule has 1 aliphatic heterocycles. The van der Waals surface area contributed by atoms with E-state index in [1.807, 2.05) is 37.3 Å². The van der Waals surface area contributed by atoms with Gasteiger partial charge in [-0.15, -0.1) is 0 Å². The van der Waals surface area contributed by atoms with Gasteiger partial charge in [-0.1, -0.05) is 63.3 Å². The highest BCUT2D eigenvalue weighted by Gasteiger charge is 2.55. The molecule has 0 radical (unpaired) electrons. The number of nitrogens with zero attached hydrogens (tertiary/aromatic N) is 1. The summed E-state index contributed by atoms with van der Waals surface area (Å²) in [6, 6.07) is 12.0. The number of hydrogen-bond donors (Lipinski definition) is 0. The molecule has 2 atom stereocenters. The fourth-order valence-electron chi connectivity index (χ4n) is 3.31. The minimum absolute atomic E-state index is 0.156. The van der Waals surface area contributed by atoms with Gasteiger partial charge in [-0.3, -0.25) is 4.79 Å². The third kappa shape index (κ3) is 4.07. The van der Waals surface area contributed by atoms with Crippen LogP contribution in [0.5, 0.6) is 0 Å². The lowest BCUT2D eigenvalue weighted by Crippen LogP contribution is -2.64. The fraction of sp³-hybridized carbons (Fsp3) is 0.500. The Morgan fingerprint density at radius 3 is 2.31 bits per heavy atom. The molecule has 0 unspecified atom stereocenters. The number of likely N-dealkylation sites (tertiary alicyclic amines) is 1. The fourth-order valence-corrected chi connectivity index (χ4v) is 6.08. The number of amides is 2. The quantitative estimate of drug-likeness (QED) is 0.376. The number of carbonyl (C=O) groups excluding carboxylic acids is 2. The van der Waals surface area contributed by atoms with E-state index >= 15 is 0 Å². The first-order chi connectivity index (χ1) is 12.5. The first-order valence-corrected chi connectivity index (χ1v) is 11.9. The van der Waals surface area contributed by atoms with E-state index in [-0.39, 0.29) is 12.5 Å². The van der Waals surface area contributed by atoms with Gasteiger partial charge in [-0.25, -0.2) is 9.69 Å². The maximum Gasteiger partial charge on any atom is 0.417 e. The lowest BCUT2D eigenvalue weighted by atomic mass is 9.91. The molecule has 0 aromatic heterocycles.